The molecule has 2 rings (SSSR count). The summed E-state index contributed by atoms with van der Waals surface area (Å²) in [5, 5.41) is 2.22. The van der Waals surface area contributed by atoms with Crippen LogP contribution in [0.15, 0.2) is 53.4 Å². The van der Waals surface area contributed by atoms with Crippen molar-refractivity contribution in [1.29, 1.82) is 0 Å². The van der Waals surface area contributed by atoms with Gasteiger partial charge in [-0.15, -0.1) is 0 Å². The van der Waals surface area contributed by atoms with E-state index in [1.54, 1.807) is 0 Å². The predicted molar refractivity (Wildman–Crippen MR) is 105 cm³/mol. The fraction of sp³-hybridized carbons (Fsp3) is 0.105. The van der Waals surface area contributed by atoms with Crippen LogP contribution in [0.4, 0.5) is 25.1 Å². The molecule has 0 bridgehead atoms. The Hall–Kier alpha value is -3.41. The Bertz CT molecular complexity index is 1070. The van der Waals surface area contributed by atoms with Gasteiger partial charge in [-0.25, -0.2) is 0 Å². The van der Waals surface area contributed by atoms with Gasteiger partial charge in [0.05, 0.1) is 0 Å². The topological polar surface area (TPSA) is 81.7 Å². The Kier molecular flexibility index (Phi) is 5.92. The molecule has 2 aromatic rings. The molecular formula is C19H16F5NO5S. The van der Waals surface area contributed by atoms with Gasteiger partial charge in [0, 0.05) is 25.6 Å². The Morgan fingerprint density at radius 3 is 1.90 bits per heavy atom. The monoisotopic (exact) mass is 465 g/mol. The summed E-state index contributed by atoms with van der Waals surface area (Å²) in [5.74, 6) is -2.18. The third-order valence-electron chi connectivity index (χ3n) is 3.47. The largest absolute Gasteiger partial charge is 0.423 e. The van der Waals surface area contributed by atoms with E-state index >= 15 is 0 Å². The molecule has 168 valence electrons. The van der Waals surface area contributed by atoms with E-state index in [-0.39, 0.29) is 29.3 Å². The highest BCUT2D eigenvalue weighted by Crippen LogP contribution is 3.02. The number of rotatable bonds is 6. The summed E-state index contributed by atoms with van der Waals surface area (Å²) in [5.41, 5.74) is 0.227. The maximum absolute atomic E-state index is 12.7. The van der Waals surface area contributed by atoms with Crippen LogP contribution in [0, 0.1) is 0 Å². The first-order valence-electron chi connectivity index (χ1n) is 8.37. The molecule has 1 N–H and O–H groups in total. The standard InChI is InChI=1S/C19H16F5NO5S/c1-12(26)29-17-9-3-14(11-18(17)30-13(2)27)4-10-19(28)25-15-5-7-16(8-6-15)31(20,21,22,23)24/h3-11H,1-2H3,(H,25,28)/b10-4+. The second kappa shape index (κ2) is 7.69. The number of carbonyl (C=O) groups is 3. The van der Waals surface area contributed by atoms with E-state index in [1.807, 2.05) is 0 Å². The zero-order valence-corrected chi connectivity index (χ0v) is 16.9. The van der Waals surface area contributed by atoms with E-state index in [2.05, 4.69) is 5.32 Å². The van der Waals surface area contributed by atoms with E-state index in [1.165, 1.54) is 24.3 Å². The van der Waals surface area contributed by atoms with Gasteiger partial charge < -0.3 is 14.8 Å². The lowest BCUT2D eigenvalue weighted by molar-refractivity contribution is -0.134. The first-order valence-corrected chi connectivity index (χ1v) is 10.3. The van der Waals surface area contributed by atoms with Gasteiger partial charge in [-0.05, 0) is 48.0 Å². The van der Waals surface area contributed by atoms with Gasteiger partial charge in [0.1, 0.15) is 4.90 Å². The van der Waals surface area contributed by atoms with Crippen molar-refractivity contribution < 1.29 is 43.3 Å². The molecule has 2 aromatic carbocycles. The lowest BCUT2D eigenvalue weighted by Crippen LogP contribution is -2.09. The number of benzene rings is 2. The molecule has 1 amide bonds. The fourth-order valence-corrected chi connectivity index (χ4v) is 2.90. The van der Waals surface area contributed by atoms with Crippen molar-refractivity contribution in [3.05, 3.63) is 54.1 Å². The molecule has 0 aliphatic rings. The summed E-state index contributed by atoms with van der Waals surface area (Å²) >= 11 is 0. The van der Waals surface area contributed by atoms with E-state index in [9.17, 15) is 33.8 Å². The van der Waals surface area contributed by atoms with Gasteiger partial charge in [-0.2, -0.15) is 0 Å². The normalized spacial score (nSPS) is 13.8. The summed E-state index contributed by atoms with van der Waals surface area (Å²) < 4.78 is 73.4. The van der Waals surface area contributed by atoms with Gasteiger partial charge in [0.2, 0.25) is 5.91 Å². The van der Waals surface area contributed by atoms with E-state index in [4.69, 9.17) is 9.47 Å². The highest BCUT2D eigenvalue weighted by Gasteiger charge is 2.65. The van der Waals surface area contributed by atoms with E-state index in [0.29, 0.717) is 17.7 Å². The van der Waals surface area contributed by atoms with Crippen molar-refractivity contribution in [3.63, 3.8) is 0 Å². The zero-order chi connectivity index (χ0) is 23.5. The number of hydrogen-bond acceptors (Lipinski definition) is 5. The van der Waals surface area contributed by atoms with E-state index in [0.717, 1.165) is 19.9 Å². The van der Waals surface area contributed by atoms with Gasteiger partial charge >= 0.3 is 22.2 Å². The van der Waals surface area contributed by atoms with Crippen LogP contribution in [0.25, 0.3) is 6.08 Å². The SMILES string of the molecule is CC(=O)Oc1ccc(/C=C/C(=O)Nc2ccc(S(F)(F)(F)(F)F)cc2)cc1OC(C)=O. The third kappa shape index (κ3) is 7.41. The van der Waals surface area contributed by atoms with Gasteiger partial charge in [-0.3, -0.25) is 14.4 Å². The Morgan fingerprint density at radius 1 is 0.839 bits per heavy atom. The molecule has 0 spiro atoms. The molecule has 0 atom stereocenters. The Balaban J connectivity index is 2.14. The summed E-state index contributed by atoms with van der Waals surface area (Å²) in [4.78, 5) is 32.2. The minimum atomic E-state index is -9.79. The van der Waals surface area contributed by atoms with Crippen LogP contribution < -0.4 is 14.8 Å². The number of hydrogen-bond donors (Lipinski definition) is 1. The fourth-order valence-electron chi connectivity index (χ4n) is 2.25. The quantitative estimate of drug-likeness (QED) is 0.251. The number of halogens is 5. The molecule has 0 fully saturated rings. The van der Waals surface area contributed by atoms with Gasteiger partial charge in [-0.1, -0.05) is 25.5 Å². The molecule has 0 saturated carbocycles. The predicted octanol–water partition coefficient (Wildman–Crippen LogP) is 5.85. The van der Waals surface area contributed by atoms with Crippen molar-refractivity contribution >= 4 is 39.8 Å². The lowest BCUT2D eigenvalue weighted by atomic mass is 10.2. The number of ether oxygens (including phenoxy) is 2. The van der Waals surface area contributed by atoms with Crippen LogP contribution in [0.2, 0.25) is 0 Å². The number of amides is 1. The van der Waals surface area contributed by atoms with Crippen molar-refractivity contribution in [2.45, 2.75) is 18.7 Å². The molecule has 0 radical (unpaired) electrons. The summed E-state index contributed by atoms with van der Waals surface area (Å²) in [6.07, 6.45) is 2.29. The highest BCUT2D eigenvalue weighted by atomic mass is 32.5. The Morgan fingerprint density at radius 2 is 1.39 bits per heavy atom. The number of anilines is 1. The van der Waals surface area contributed by atoms with Crippen LogP contribution in [-0.2, 0) is 14.4 Å². The number of esters is 2. The third-order valence-corrected chi connectivity index (χ3v) is 4.63. The molecule has 6 nitrogen and oxygen atoms in total. The Labute approximate surface area is 173 Å². The lowest BCUT2D eigenvalue weighted by Gasteiger charge is -2.40. The summed E-state index contributed by atoms with van der Waals surface area (Å²) in [6, 6.07) is 5.85. The molecule has 31 heavy (non-hydrogen) atoms. The van der Waals surface area contributed by atoms with Crippen molar-refractivity contribution in [2.24, 2.45) is 0 Å². The minimum absolute atomic E-state index is 0.0201. The maximum Gasteiger partial charge on any atom is 0.310 e. The number of carbonyl (C=O) groups excluding carboxylic acids is 3. The molecular weight excluding hydrogens is 449 g/mol. The first-order chi connectivity index (χ1) is 14.0. The molecule has 0 heterocycles. The zero-order valence-electron chi connectivity index (χ0n) is 16.0. The van der Waals surface area contributed by atoms with Crippen LogP contribution in [0.1, 0.15) is 19.4 Å². The molecule has 0 saturated heterocycles. The van der Waals surface area contributed by atoms with Crippen LogP contribution in [0.3, 0.4) is 0 Å². The average molecular weight is 465 g/mol. The van der Waals surface area contributed by atoms with Crippen LogP contribution in [-0.4, -0.2) is 17.8 Å². The second-order valence-electron chi connectivity index (χ2n) is 6.21. The van der Waals surface area contributed by atoms with E-state index < -0.39 is 33.0 Å². The average Bonchev–Trinajstić information content (AvgIpc) is 2.59. The van der Waals surface area contributed by atoms with Gasteiger partial charge in [0.15, 0.2) is 11.5 Å². The highest BCUT2D eigenvalue weighted by molar-refractivity contribution is 8.45. The summed E-state index contributed by atoms with van der Waals surface area (Å²) in [7, 11) is -9.79. The van der Waals surface area contributed by atoms with Gasteiger partial charge in [0.25, 0.3) is 0 Å². The number of nitrogens with one attached hydrogen (secondary N) is 1. The van der Waals surface area contributed by atoms with Crippen LogP contribution in [0.5, 0.6) is 11.5 Å². The van der Waals surface area contributed by atoms with Crippen molar-refractivity contribution in [1.82, 2.24) is 0 Å². The smallest absolute Gasteiger partial charge is 0.310 e. The molecule has 12 heteroatoms. The minimum Gasteiger partial charge on any atom is -0.423 e. The molecule has 0 aliphatic heterocycles. The van der Waals surface area contributed by atoms with Crippen LogP contribution >= 0.6 is 10.2 Å². The second-order valence-corrected chi connectivity index (χ2v) is 8.62. The van der Waals surface area contributed by atoms with Crippen molar-refractivity contribution in [2.75, 3.05) is 5.32 Å². The molecule has 0 unspecified atom stereocenters. The molecule has 0 aromatic heterocycles. The van der Waals surface area contributed by atoms with Crippen molar-refractivity contribution in [3.8, 4) is 11.5 Å². The maximum atomic E-state index is 12.7. The first kappa shape index (κ1) is 23.9. The summed E-state index contributed by atoms with van der Waals surface area (Å²) in [6.45, 7) is 2.29. The molecule has 0 aliphatic carbocycles.